The van der Waals surface area contributed by atoms with E-state index in [9.17, 15) is 5.11 Å². The topological polar surface area (TPSA) is 104 Å². The van der Waals surface area contributed by atoms with E-state index in [2.05, 4.69) is 22.0 Å². The van der Waals surface area contributed by atoms with E-state index in [-0.39, 0.29) is 5.88 Å². The summed E-state index contributed by atoms with van der Waals surface area (Å²) in [6.07, 6.45) is 2.55. The molecule has 1 aliphatic heterocycles. The van der Waals surface area contributed by atoms with E-state index >= 15 is 0 Å². The lowest BCUT2D eigenvalue weighted by atomic mass is 9.99. The van der Waals surface area contributed by atoms with Crippen LogP contribution in [0.5, 0.6) is 5.88 Å². The highest BCUT2D eigenvalue weighted by atomic mass is 35.5. The number of nitrogen functional groups attached to an aromatic ring is 2. The number of aromatic hydroxyl groups is 1. The number of rotatable bonds is 5. The molecular weight excluding hydrogens is 434 g/mol. The van der Waals surface area contributed by atoms with Crippen molar-refractivity contribution in [3.8, 4) is 5.88 Å². The van der Waals surface area contributed by atoms with Gasteiger partial charge in [-0.2, -0.15) is 0 Å². The molecule has 4 aromatic rings. The van der Waals surface area contributed by atoms with Crippen LogP contribution in [0.15, 0.2) is 65.7 Å². The average molecular weight is 460 g/mol. The molecule has 1 aromatic heterocycles. The first kappa shape index (κ1) is 21.4. The molecule has 1 aliphatic rings. The van der Waals surface area contributed by atoms with Gasteiger partial charge in [0.15, 0.2) is 5.88 Å². The highest BCUT2D eigenvalue weighted by Gasteiger charge is 2.20. The molecule has 5 rings (SSSR count). The third-order valence-corrected chi connectivity index (χ3v) is 6.36. The van der Waals surface area contributed by atoms with Crippen LogP contribution in [0, 0.1) is 0 Å². The maximum absolute atomic E-state index is 10.8. The van der Waals surface area contributed by atoms with Gasteiger partial charge in [0.05, 0.1) is 33.9 Å². The summed E-state index contributed by atoms with van der Waals surface area (Å²) in [6, 6.07) is 19.1. The number of anilines is 2. The lowest BCUT2D eigenvalue weighted by Crippen LogP contribution is -2.18. The zero-order valence-electron chi connectivity index (χ0n) is 18.2. The number of aromatic nitrogens is 1. The van der Waals surface area contributed by atoms with E-state index in [1.165, 1.54) is 18.4 Å². The van der Waals surface area contributed by atoms with E-state index in [1.807, 2.05) is 24.3 Å². The van der Waals surface area contributed by atoms with Gasteiger partial charge in [0, 0.05) is 22.5 Å². The highest BCUT2D eigenvalue weighted by Crippen LogP contribution is 2.33. The minimum atomic E-state index is 0.0204. The van der Waals surface area contributed by atoms with E-state index in [0.29, 0.717) is 27.7 Å². The Morgan fingerprint density at radius 1 is 0.970 bits per heavy atom. The first-order chi connectivity index (χ1) is 16.0. The van der Waals surface area contributed by atoms with Gasteiger partial charge in [0.1, 0.15) is 0 Å². The number of nitrogens with zero attached hydrogens (tertiary/aromatic N) is 2. The van der Waals surface area contributed by atoms with Gasteiger partial charge >= 0.3 is 0 Å². The van der Waals surface area contributed by atoms with E-state index in [4.69, 9.17) is 28.1 Å². The number of halogens is 1. The molecular formula is C26H26ClN5O. The Bertz CT molecular complexity index is 1340. The molecule has 0 amide bonds. The molecule has 0 unspecified atom stereocenters. The number of aromatic amines is 1. The highest BCUT2D eigenvalue weighted by molar-refractivity contribution is 6.31. The van der Waals surface area contributed by atoms with Crippen LogP contribution in [-0.2, 0) is 6.54 Å². The summed E-state index contributed by atoms with van der Waals surface area (Å²) in [5.41, 5.74) is 17.7. The summed E-state index contributed by atoms with van der Waals surface area (Å²) in [5, 5.41) is 12.2. The molecule has 6 nitrogen and oxygen atoms in total. The first-order valence-electron chi connectivity index (χ1n) is 11.0. The molecule has 0 atom stereocenters. The van der Waals surface area contributed by atoms with Crippen molar-refractivity contribution in [3.05, 3.63) is 82.4 Å². The molecule has 6 N–H and O–H groups in total. The van der Waals surface area contributed by atoms with Crippen molar-refractivity contribution in [3.63, 3.8) is 0 Å². The third kappa shape index (κ3) is 4.40. The maximum atomic E-state index is 10.8. The van der Waals surface area contributed by atoms with Crippen LogP contribution < -0.4 is 11.5 Å². The zero-order chi connectivity index (χ0) is 22.9. The molecule has 1 saturated heterocycles. The quantitative estimate of drug-likeness (QED) is 0.235. The van der Waals surface area contributed by atoms with Crippen LogP contribution in [-0.4, -0.2) is 33.8 Å². The predicted octanol–water partition coefficient (Wildman–Crippen LogP) is 5.46. The fraction of sp³-hybridized carbons (Fsp3) is 0.192. The Hall–Kier alpha value is -3.48. The second-order valence-corrected chi connectivity index (χ2v) is 8.93. The Kier molecular flexibility index (Phi) is 5.70. The molecule has 168 valence electrons. The van der Waals surface area contributed by atoms with Crippen molar-refractivity contribution in [2.24, 2.45) is 4.99 Å². The van der Waals surface area contributed by atoms with Crippen molar-refractivity contribution in [1.82, 2.24) is 9.88 Å². The minimum Gasteiger partial charge on any atom is -0.494 e. The molecule has 7 heteroatoms. The summed E-state index contributed by atoms with van der Waals surface area (Å²) in [6.45, 7) is 3.27. The van der Waals surface area contributed by atoms with Crippen molar-refractivity contribution >= 4 is 45.3 Å². The number of aliphatic imine (C=N–C) groups is 1. The van der Waals surface area contributed by atoms with Gasteiger partial charge in [-0.25, -0.2) is 4.99 Å². The Morgan fingerprint density at radius 2 is 1.73 bits per heavy atom. The molecule has 0 saturated carbocycles. The third-order valence-electron chi connectivity index (χ3n) is 6.12. The number of fused-ring (bicyclic) bond motifs is 1. The molecule has 3 aromatic carbocycles. The number of nitrogens with one attached hydrogen (secondary N) is 1. The summed E-state index contributed by atoms with van der Waals surface area (Å²) in [4.78, 5) is 10.4. The molecule has 1 fully saturated rings. The van der Waals surface area contributed by atoms with Crippen molar-refractivity contribution in [1.29, 1.82) is 0 Å². The van der Waals surface area contributed by atoms with Gasteiger partial charge in [0.2, 0.25) is 0 Å². The Balaban J connectivity index is 1.59. The number of likely N-dealkylation sites (tertiary alicyclic amines) is 1. The Morgan fingerprint density at radius 3 is 2.45 bits per heavy atom. The van der Waals surface area contributed by atoms with Crippen molar-refractivity contribution in [2.45, 2.75) is 19.4 Å². The van der Waals surface area contributed by atoms with Crippen molar-refractivity contribution in [2.75, 3.05) is 24.6 Å². The molecule has 33 heavy (non-hydrogen) atoms. The van der Waals surface area contributed by atoms with Gasteiger partial charge in [-0.3, -0.25) is 4.90 Å². The SMILES string of the molecule is Nc1ccc(C(=Nc2ccc(CN3CCCC3)cc2)c2c(O)[nH]c3cc(Cl)ccc23)cc1N. The largest absolute Gasteiger partial charge is 0.494 e. The Labute approximate surface area is 197 Å². The normalized spacial score (nSPS) is 14.9. The molecule has 0 radical (unpaired) electrons. The van der Waals surface area contributed by atoms with Crippen LogP contribution in [0.1, 0.15) is 29.5 Å². The van der Waals surface area contributed by atoms with Gasteiger partial charge in [-0.1, -0.05) is 35.9 Å². The molecule has 0 spiro atoms. The van der Waals surface area contributed by atoms with Crippen LogP contribution >= 0.6 is 11.6 Å². The maximum Gasteiger partial charge on any atom is 0.199 e. The lowest BCUT2D eigenvalue weighted by molar-refractivity contribution is 0.331. The molecule has 0 bridgehead atoms. The number of nitrogens with two attached hydrogens (primary N) is 2. The van der Waals surface area contributed by atoms with E-state index < -0.39 is 0 Å². The molecule has 2 heterocycles. The van der Waals surface area contributed by atoms with Gasteiger partial charge < -0.3 is 21.6 Å². The number of hydrogen-bond donors (Lipinski definition) is 4. The lowest BCUT2D eigenvalue weighted by Gasteiger charge is -2.14. The fourth-order valence-corrected chi connectivity index (χ4v) is 4.56. The predicted molar refractivity (Wildman–Crippen MR) is 136 cm³/mol. The van der Waals surface area contributed by atoms with Gasteiger partial charge in [0.25, 0.3) is 0 Å². The summed E-state index contributed by atoms with van der Waals surface area (Å²) < 4.78 is 0. The van der Waals surface area contributed by atoms with E-state index in [0.717, 1.165) is 41.8 Å². The fourth-order valence-electron chi connectivity index (χ4n) is 4.39. The second-order valence-electron chi connectivity index (χ2n) is 8.49. The molecule has 0 aliphatic carbocycles. The van der Waals surface area contributed by atoms with Crippen LogP contribution in [0.4, 0.5) is 17.1 Å². The number of benzene rings is 3. The number of hydrogen-bond acceptors (Lipinski definition) is 5. The summed E-state index contributed by atoms with van der Waals surface area (Å²) in [7, 11) is 0. The average Bonchev–Trinajstić information content (AvgIpc) is 3.42. The van der Waals surface area contributed by atoms with Crippen LogP contribution in [0.25, 0.3) is 10.9 Å². The summed E-state index contributed by atoms with van der Waals surface area (Å²) in [5.74, 6) is 0.0204. The summed E-state index contributed by atoms with van der Waals surface area (Å²) >= 11 is 6.15. The van der Waals surface area contributed by atoms with E-state index in [1.54, 1.807) is 24.3 Å². The van der Waals surface area contributed by atoms with Gasteiger partial charge in [-0.05, 0) is 67.9 Å². The van der Waals surface area contributed by atoms with Crippen LogP contribution in [0.3, 0.4) is 0 Å². The monoisotopic (exact) mass is 459 g/mol. The van der Waals surface area contributed by atoms with Crippen LogP contribution in [0.2, 0.25) is 5.02 Å². The standard InChI is InChI=1S/C26H26ClN5O/c27-18-6-9-20-23(14-18)31-26(33)24(20)25(17-5-10-21(28)22(29)13-17)30-19-7-3-16(4-8-19)15-32-11-1-2-12-32/h3-10,13-14,31,33H,1-2,11-12,15,28-29H2. The smallest absolute Gasteiger partial charge is 0.199 e. The first-order valence-corrected chi connectivity index (χ1v) is 11.4. The van der Waals surface area contributed by atoms with Crippen molar-refractivity contribution < 1.29 is 5.11 Å². The van der Waals surface area contributed by atoms with Gasteiger partial charge in [-0.15, -0.1) is 0 Å². The zero-order valence-corrected chi connectivity index (χ0v) is 18.9. The number of H-pyrrole nitrogens is 1. The minimum absolute atomic E-state index is 0.0204. The second kappa shape index (κ2) is 8.81.